The molecule has 0 aromatic carbocycles. The monoisotopic (exact) mass is 348 g/mol. The molecule has 0 radical (unpaired) electrons. The van der Waals surface area contributed by atoms with Gasteiger partial charge in [-0.15, -0.1) is 0 Å². The summed E-state index contributed by atoms with van der Waals surface area (Å²) >= 11 is 0. The maximum absolute atomic E-state index is 12.5. The second-order valence-corrected chi connectivity index (χ2v) is 7.21. The van der Waals surface area contributed by atoms with Crippen LogP contribution in [-0.4, -0.2) is 48.5 Å². The summed E-state index contributed by atoms with van der Waals surface area (Å²) in [4.78, 5) is 16.7. The average Bonchev–Trinajstić information content (AvgIpc) is 2.68. The number of hydrogen-bond donors (Lipinski definition) is 2. The zero-order chi connectivity index (χ0) is 17.5. The van der Waals surface area contributed by atoms with Crippen molar-refractivity contribution in [2.24, 2.45) is 5.41 Å². The topological polar surface area (TPSA) is 80.7 Å². The quantitative estimate of drug-likeness (QED) is 0.824. The van der Waals surface area contributed by atoms with Gasteiger partial charge < -0.3 is 19.9 Å². The lowest BCUT2D eigenvalue weighted by Crippen LogP contribution is -2.43. The molecule has 1 saturated carbocycles. The number of aliphatic hydroxyl groups excluding tert-OH is 1. The highest BCUT2D eigenvalue weighted by atomic mass is 16.5. The average molecular weight is 348 g/mol. The van der Waals surface area contributed by atoms with E-state index in [9.17, 15) is 9.90 Å². The molecule has 2 N–H and O–H groups in total. The van der Waals surface area contributed by atoms with Crippen LogP contribution in [0.3, 0.4) is 0 Å². The zero-order valence-corrected chi connectivity index (χ0v) is 14.7. The Morgan fingerprint density at radius 1 is 1.32 bits per heavy atom. The van der Waals surface area contributed by atoms with Crippen LogP contribution in [-0.2, 0) is 4.74 Å². The molecule has 3 rings (SSSR count). The van der Waals surface area contributed by atoms with Gasteiger partial charge in [0.25, 0.3) is 5.91 Å². The van der Waals surface area contributed by atoms with E-state index in [1.165, 1.54) is 19.3 Å². The number of hydrogen-bond acceptors (Lipinski definition) is 5. The first kappa shape index (κ1) is 18.1. The molecule has 25 heavy (non-hydrogen) atoms. The lowest BCUT2D eigenvalue weighted by atomic mass is 9.81. The fraction of sp³-hybridized carbons (Fsp3) is 0.684. The van der Waals surface area contributed by atoms with Gasteiger partial charge in [-0.05, 0) is 44.6 Å². The normalized spacial score (nSPS) is 20.8. The Kier molecular flexibility index (Phi) is 6.26. The molecule has 0 atom stereocenters. The summed E-state index contributed by atoms with van der Waals surface area (Å²) in [6, 6.07) is 3.40. The molecule has 6 nitrogen and oxygen atoms in total. The van der Waals surface area contributed by atoms with Crippen LogP contribution in [0, 0.1) is 5.41 Å². The van der Waals surface area contributed by atoms with Gasteiger partial charge in [0, 0.05) is 43.0 Å². The van der Waals surface area contributed by atoms with Crippen molar-refractivity contribution in [1.82, 2.24) is 10.3 Å². The van der Waals surface area contributed by atoms with E-state index in [2.05, 4.69) is 10.3 Å². The van der Waals surface area contributed by atoms with E-state index in [4.69, 9.17) is 9.47 Å². The lowest BCUT2D eigenvalue weighted by Gasteiger charge is -2.35. The van der Waals surface area contributed by atoms with Crippen molar-refractivity contribution < 1.29 is 19.4 Å². The van der Waals surface area contributed by atoms with Crippen molar-refractivity contribution in [1.29, 1.82) is 0 Å². The highest BCUT2D eigenvalue weighted by molar-refractivity contribution is 5.94. The maximum atomic E-state index is 12.5. The standard InChI is InChI=1S/C19H28N2O4/c22-14-19(7-10-24-11-8-19)13-21-18(23)15-6-9-20-17(12-15)25-16-4-2-1-3-5-16/h6,9,12,16,22H,1-5,7-8,10-11,13-14H2,(H,21,23). The minimum absolute atomic E-state index is 0.0586. The van der Waals surface area contributed by atoms with Crippen LogP contribution >= 0.6 is 0 Å². The summed E-state index contributed by atoms with van der Waals surface area (Å²) in [5.74, 6) is 0.359. The molecule has 0 bridgehead atoms. The fourth-order valence-corrected chi connectivity index (χ4v) is 3.53. The van der Waals surface area contributed by atoms with Crippen LogP contribution in [0.4, 0.5) is 0 Å². The molecule has 2 fully saturated rings. The van der Waals surface area contributed by atoms with Gasteiger partial charge in [-0.3, -0.25) is 4.79 Å². The second-order valence-electron chi connectivity index (χ2n) is 7.21. The molecule has 6 heteroatoms. The molecule has 1 aromatic rings. The molecule has 1 aromatic heterocycles. The van der Waals surface area contributed by atoms with Crippen LogP contribution in [0.2, 0.25) is 0 Å². The minimum Gasteiger partial charge on any atom is -0.474 e. The van der Waals surface area contributed by atoms with E-state index in [-0.39, 0.29) is 24.0 Å². The summed E-state index contributed by atoms with van der Waals surface area (Å²) in [7, 11) is 0. The first-order chi connectivity index (χ1) is 12.2. The summed E-state index contributed by atoms with van der Waals surface area (Å²) < 4.78 is 11.3. The number of carbonyl (C=O) groups is 1. The first-order valence-electron chi connectivity index (χ1n) is 9.30. The molecule has 0 unspecified atom stereocenters. The highest BCUT2D eigenvalue weighted by Crippen LogP contribution is 2.29. The molecule has 1 saturated heterocycles. The van der Waals surface area contributed by atoms with Crippen LogP contribution in [0.5, 0.6) is 5.88 Å². The molecule has 1 amide bonds. The number of nitrogens with one attached hydrogen (secondary N) is 1. The number of aromatic nitrogens is 1. The third-order valence-electron chi connectivity index (χ3n) is 5.35. The number of amides is 1. The third-order valence-corrected chi connectivity index (χ3v) is 5.35. The summed E-state index contributed by atoms with van der Waals surface area (Å²) in [6.45, 7) is 1.77. The number of rotatable bonds is 6. The minimum atomic E-state index is -0.275. The number of aliphatic hydroxyl groups is 1. The Balaban J connectivity index is 1.57. The molecule has 2 heterocycles. The summed E-state index contributed by atoms with van der Waals surface area (Å²) in [5.41, 5.74) is 0.267. The number of carbonyl (C=O) groups excluding carboxylic acids is 1. The van der Waals surface area contributed by atoms with Crippen LogP contribution in [0.15, 0.2) is 18.3 Å². The van der Waals surface area contributed by atoms with E-state index in [0.29, 0.717) is 31.2 Å². The van der Waals surface area contributed by atoms with E-state index < -0.39 is 0 Å². The third kappa shape index (κ3) is 4.92. The maximum Gasteiger partial charge on any atom is 0.251 e. The molecule has 1 aliphatic heterocycles. The van der Waals surface area contributed by atoms with Crippen molar-refractivity contribution in [2.75, 3.05) is 26.4 Å². The van der Waals surface area contributed by atoms with E-state index >= 15 is 0 Å². The van der Waals surface area contributed by atoms with Crippen LogP contribution in [0.25, 0.3) is 0 Å². The number of ether oxygens (including phenoxy) is 2. The zero-order valence-electron chi connectivity index (χ0n) is 14.7. The van der Waals surface area contributed by atoms with Gasteiger partial charge in [-0.2, -0.15) is 0 Å². The molecular formula is C19H28N2O4. The first-order valence-corrected chi connectivity index (χ1v) is 9.30. The SMILES string of the molecule is O=C(NCC1(CO)CCOCC1)c1ccnc(OC2CCCCC2)c1. The summed E-state index contributed by atoms with van der Waals surface area (Å²) in [6.07, 6.45) is 9.11. The van der Waals surface area contributed by atoms with E-state index in [1.54, 1.807) is 18.3 Å². The van der Waals surface area contributed by atoms with E-state index in [0.717, 1.165) is 25.7 Å². The molecule has 2 aliphatic rings. The Bertz CT molecular complexity index is 566. The van der Waals surface area contributed by atoms with Crippen molar-refractivity contribution in [3.05, 3.63) is 23.9 Å². The van der Waals surface area contributed by atoms with Crippen molar-refractivity contribution in [3.8, 4) is 5.88 Å². The van der Waals surface area contributed by atoms with Gasteiger partial charge in [0.2, 0.25) is 5.88 Å². The van der Waals surface area contributed by atoms with Crippen molar-refractivity contribution in [3.63, 3.8) is 0 Å². The molecule has 0 spiro atoms. The Morgan fingerprint density at radius 2 is 2.08 bits per heavy atom. The summed E-state index contributed by atoms with van der Waals surface area (Å²) in [5, 5.41) is 12.7. The van der Waals surface area contributed by atoms with Crippen LogP contribution < -0.4 is 10.1 Å². The molecular weight excluding hydrogens is 320 g/mol. The van der Waals surface area contributed by atoms with Gasteiger partial charge in [0.05, 0.1) is 6.61 Å². The van der Waals surface area contributed by atoms with Gasteiger partial charge >= 0.3 is 0 Å². The van der Waals surface area contributed by atoms with Crippen LogP contribution in [0.1, 0.15) is 55.3 Å². The Hall–Kier alpha value is -1.66. The van der Waals surface area contributed by atoms with Gasteiger partial charge in [-0.1, -0.05) is 6.42 Å². The van der Waals surface area contributed by atoms with Gasteiger partial charge in [-0.25, -0.2) is 4.98 Å². The molecule has 1 aliphatic carbocycles. The Morgan fingerprint density at radius 3 is 2.80 bits per heavy atom. The smallest absolute Gasteiger partial charge is 0.251 e. The fourth-order valence-electron chi connectivity index (χ4n) is 3.53. The lowest BCUT2D eigenvalue weighted by molar-refractivity contribution is -0.0146. The van der Waals surface area contributed by atoms with Gasteiger partial charge in [0.15, 0.2) is 0 Å². The molecule has 138 valence electrons. The highest BCUT2D eigenvalue weighted by Gasteiger charge is 2.32. The Labute approximate surface area is 148 Å². The van der Waals surface area contributed by atoms with E-state index in [1.807, 2.05) is 0 Å². The van der Waals surface area contributed by atoms with Crippen molar-refractivity contribution >= 4 is 5.91 Å². The van der Waals surface area contributed by atoms with Gasteiger partial charge in [0.1, 0.15) is 6.10 Å². The van der Waals surface area contributed by atoms with Crippen molar-refractivity contribution in [2.45, 2.75) is 51.0 Å². The predicted molar refractivity (Wildman–Crippen MR) is 93.6 cm³/mol. The second kappa shape index (κ2) is 8.63. The predicted octanol–water partition coefficient (Wildman–Crippen LogP) is 2.31. The number of pyridine rings is 1. The largest absolute Gasteiger partial charge is 0.474 e. The number of nitrogens with zero attached hydrogens (tertiary/aromatic N) is 1.